The van der Waals surface area contributed by atoms with Crippen molar-refractivity contribution < 1.29 is 0 Å². The topological polar surface area (TPSA) is 49.8 Å². The Morgan fingerprint density at radius 3 is 2.88 bits per heavy atom. The van der Waals surface area contributed by atoms with Gasteiger partial charge >= 0.3 is 0 Å². The van der Waals surface area contributed by atoms with E-state index in [0.29, 0.717) is 17.1 Å². The predicted octanol–water partition coefficient (Wildman–Crippen LogP) is 2.17. The van der Waals surface area contributed by atoms with Crippen LogP contribution in [-0.2, 0) is 0 Å². The maximum absolute atomic E-state index is 6.06. The number of aromatic nitrogens is 2. The second kappa shape index (κ2) is 4.78. The van der Waals surface area contributed by atoms with Crippen LogP contribution >= 0.6 is 11.6 Å². The van der Waals surface area contributed by atoms with Crippen LogP contribution in [0.1, 0.15) is 37.2 Å². The third-order valence-corrected chi connectivity index (χ3v) is 3.74. The molecule has 1 saturated carbocycles. The molecule has 2 fully saturated rings. The predicted molar refractivity (Wildman–Crippen MR) is 68.5 cm³/mol. The number of hydrogen-bond donors (Lipinski definition) is 2. The van der Waals surface area contributed by atoms with Crippen molar-refractivity contribution in [2.45, 2.75) is 37.6 Å². The van der Waals surface area contributed by atoms with Crippen molar-refractivity contribution in [2.75, 3.05) is 18.4 Å². The molecule has 0 spiro atoms. The van der Waals surface area contributed by atoms with E-state index in [1.807, 2.05) is 0 Å². The van der Waals surface area contributed by atoms with Gasteiger partial charge < -0.3 is 10.6 Å². The second-order valence-electron chi connectivity index (χ2n) is 4.94. The summed E-state index contributed by atoms with van der Waals surface area (Å²) < 4.78 is 0. The van der Waals surface area contributed by atoms with Crippen molar-refractivity contribution >= 4 is 17.4 Å². The Hall–Kier alpha value is -0.870. The minimum atomic E-state index is 0.464. The molecule has 3 rings (SSSR count). The molecule has 1 unspecified atom stereocenters. The quantitative estimate of drug-likeness (QED) is 0.866. The van der Waals surface area contributed by atoms with Gasteiger partial charge in [-0.15, -0.1) is 10.2 Å². The molecule has 5 heteroatoms. The highest BCUT2D eigenvalue weighted by molar-refractivity contribution is 6.30. The zero-order chi connectivity index (χ0) is 11.7. The van der Waals surface area contributed by atoms with E-state index >= 15 is 0 Å². The molecule has 2 N–H and O–H groups in total. The molecule has 92 valence electrons. The first-order valence-corrected chi connectivity index (χ1v) is 6.71. The smallest absolute Gasteiger partial charge is 0.155 e. The van der Waals surface area contributed by atoms with Gasteiger partial charge in [-0.2, -0.15) is 0 Å². The zero-order valence-corrected chi connectivity index (χ0v) is 10.5. The fourth-order valence-corrected chi connectivity index (χ4v) is 2.57. The summed E-state index contributed by atoms with van der Waals surface area (Å²) in [5.74, 6) is 1.48. The lowest BCUT2D eigenvalue weighted by Gasteiger charge is -2.24. The first-order chi connectivity index (χ1) is 8.33. The highest BCUT2D eigenvalue weighted by Gasteiger charge is 2.27. The Bertz CT molecular complexity index is 399. The SMILES string of the molecule is Clc1nnc(NC2CCCNC2)cc1C1CC1. The fraction of sp³-hybridized carbons (Fsp3) is 0.667. The lowest BCUT2D eigenvalue weighted by Crippen LogP contribution is -2.38. The summed E-state index contributed by atoms with van der Waals surface area (Å²) in [5.41, 5.74) is 1.16. The molecular weight excluding hydrogens is 236 g/mol. The molecule has 0 bridgehead atoms. The Morgan fingerprint density at radius 1 is 1.29 bits per heavy atom. The Kier molecular flexibility index (Phi) is 3.16. The van der Waals surface area contributed by atoms with Gasteiger partial charge in [0.1, 0.15) is 5.82 Å². The highest BCUT2D eigenvalue weighted by atomic mass is 35.5. The first kappa shape index (κ1) is 11.2. The third kappa shape index (κ3) is 2.69. The van der Waals surface area contributed by atoms with Crippen LogP contribution < -0.4 is 10.6 Å². The van der Waals surface area contributed by atoms with Gasteiger partial charge in [0.2, 0.25) is 0 Å². The standard InChI is InChI=1S/C12H17ClN4/c13-12-10(8-3-4-8)6-11(16-17-12)15-9-2-1-5-14-7-9/h6,8-9,14H,1-5,7H2,(H,15,16). The van der Waals surface area contributed by atoms with Crippen molar-refractivity contribution in [3.63, 3.8) is 0 Å². The van der Waals surface area contributed by atoms with Gasteiger partial charge in [-0.25, -0.2) is 0 Å². The van der Waals surface area contributed by atoms with Crippen molar-refractivity contribution in [3.05, 3.63) is 16.8 Å². The van der Waals surface area contributed by atoms with Crippen molar-refractivity contribution in [1.82, 2.24) is 15.5 Å². The number of nitrogens with one attached hydrogen (secondary N) is 2. The Balaban J connectivity index is 1.71. The summed E-state index contributed by atoms with van der Waals surface area (Å²) in [6, 6.07) is 2.54. The van der Waals surface area contributed by atoms with Crippen LogP contribution in [0.3, 0.4) is 0 Å². The first-order valence-electron chi connectivity index (χ1n) is 6.33. The van der Waals surface area contributed by atoms with Gasteiger partial charge in [0.25, 0.3) is 0 Å². The molecule has 1 aliphatic carbocycles. The molecule has 1 atom stereocenters. The largest absolute Gasteiger partial charge is 0.365 e. The molecule has 0 aromatic carbocycles. The monoisotopic (exact) mass is 252 g/mol. The lowest BCUT2D eigenvalue weighted by molar-refractivity contribution is 0.478. The molecule has 0 radical (unpaired) electrons. The summed E-state index contributed by atoms with van der Waals surface area (Å²) in [4.78, 5) is 0. The average molecular weight is 253 g/mol. The van der Waals surface area contributed by atoms with Crippen molar-refractivity contribution in [3.8, 4) is 0 Å². The van der Waals surface area contributed by atoms with E-state index in [9.17, 15) is 0 Å². The van der Waals surface area contributed by atoms with E-state index in [0.717, 1.165) is 24.5 Å². The summed E-state index contributed by atoms with van der Waals surface area (Å²) >= 11 is 6.06. The maximum atomic E-state index is 6.06. The van der Waals surface area contributed by atoms with E-state index in [2.05, 4.69) is 26.9 Å². The molecule has 1 aromatic heterocycles. The van der Waals surface area contributed by atoms with Crippen LogP contribution in [-0.4, -0.2) is 29.3 Å². The minimum absolute atomic E-state index is 0.464. The molecular formula is C12H17ClN4. The van der Waals surface area contributed by atoms with E-state index < -0.39 is 0 Å². The van der Waals surface area contributed by atoms with Gasteiger partial charge in [0.05, 0.1) is 0 Å². The number of rotatable bonds is 3. The molecule has 17 heavy (non-hydrogen) atoms. The number of hydrogen-bond acceptors (Lipinski definition) is 4. The van der Waals surface area contributed by atoms with Crippen LogP contribution in [0.25, 0.3) is 0 Å². The molecule has 4 nitrogen and oxygen atoms in total. The number of halogens is 1. The van der Waals surface area contributed by atoms with Crippen LogP contribution in [0.4, 0.5) is 5.82 Å². The lowest BCUT2D eigenvalue weighted by atomic mass is 10.1. The Morgan fingerprint density at radius 2 is 2.18 bits per heavy atom. The summed E-state index contributed by atoms with van der Waals surface area (Å²) in [6.07, 6.45) is 4.87. The van der Waals surface area contributed by atoms with Crippen LogP contribution in [0.5, 0.6) is 0 Å². The zero-order valence-electron chi connectivity index (χ0n) is 9.75. The summed E-state index contributed by atoms with van der Waals surface area (Å²) in [6.45, 7) is 2.13. The second-order valence-corrected chi connectivity index (χ2v) is 5.30. The maximum Gasteiger partial charge on any atom is 0.155 e. The number of anilines is 1. The molecule has 1 aliphatic heterocycles. The van der Waals surface area contributed by atoms with Crippen LogP contribution in [0.2, 0.25) is 5.15 Å². The molecule has 2 heterocycles. The summed E-state index contributed by atoms with van der Waals surface area (Å²) in [7, 11) is 0. The van der Waals surface area contributed by atoms with E-state index in [1.165, 1.54) is 25.7 Å². The van der Waals surface area contributed by atoms with E-state index in [-0.39, 0.29) is 0 Å². The van der Waals surface area contributed by atoms with Crippen molar-refractivity contribution in [2.24, 2.45) is 0 Å². The molecule has 1 aromatic rings. The van der Waals surface area contributed by atoms with Crippen molar-refractivity contribution in [1.29, 1.82) is 0 Å². The Labute approximate surface area is 106 Å². The number of piperidine rings is 1. The minimum Gasteiger partial charge on any atom is -0.365 e. The van der Waals surface area contributed by atoms with E-state index in [4.69, 9.17) is 11.6 Å². The van der Waals surface area contributed by atoms with Crippen LogP contribution in [0, 0.1) is 0 Å². The molecule has 1 saturated heterocycles. The van der Waals surface area contributed by atoms with Gasteiger partial charge in [-0.1, -0.05) is 11.6 Å². The number of nitrogens with zero attached hydrogens (tertiary/aromatic N) is 2. The third-order valence-electron chi connectivity index (χ3n) is 3.44. The molecule has 0 amide bonds. The summed E-state index contributed by atoms with van der Waals surface area (Å²) in [5, 5.41) is 15.5. The normalized spacial score (nSPS) is 24.6. The van der Waals surface area contributed by atoms with E-state index in [1.54, 1.807) is 0 Å². The van der Waals surface area contributed by atoms with Gasteiger partial charge in [0, 0.05) is 12.6 Å². The fourth-order valence-electron chi connectivity index (χ4n) is 2.33. The highest BCUT2D eigenvalue weighted by Crippen LogP contribution is 2.43. The van der Waals surface area contributed by atoms with Gasteiger partial charge in [0.15, 0.2) is 5.15 Å². The average Bonchev–Trinajstić information content (AvgIpc) is 3.17. The van der Waals surface area contributed by atoms with Crippen LogP contribution in [0.15, 0.2) is 6.07 Å². The molecule has 2 aliphatic rings. The van der Waals surface area contributed by atoms with Gasteiger partial charge in [-0.3, -0.25) is 0 Å². The van der Waals surface area contributed by atoms with Gasteiger partial charge in [-0.05, 0) is 49.8 Å².